The summed E-state index contributed by atoms with van der Waals surface area (Å²) in [5, 5.41) is 0. The molecule has 0 radical (unpaired) electrons. The van der Waals surface area contributed by atoms with Crippen LogP contribution in [0.4, 0.5) is 0 Å². The van der Waals surface area contributed by atoms with Crippen molar-refractivity contribution >= 4 is 69.7 Å². The minimum Gasteiger partial charge on any atom is -0.492 e. The normalized spacial score (nSPS) is 11.8. The van der Waals surface area contributed by atoms with E-state index < -0.39 is 10.8 Å². The molecule has 0 aliphatic heterocycles. The Hall–Kier alpha value is -0.370. The van der Waals surface area contributed by atoms with Crippen LogP contribution in [0.3, 0.4) is 0 Å². The van der Waals surface area contributed by atoms with Gasteiger partial charge in [0, 0.05) is 4.47 Å². The highest BCUT2D eigenvalue weighted by atomic mass is 79.9. The zero-order valence-electron chi connectivity index (χ0n) is 11.1. The summed E-state index contributed by atoms with van der Waals surface area (Å²) in [7, 11) is 0. The van der Waals surface area contributed by atoms with E-state index in [0.717, 1.165) is 4.47 Å². The second-order valence-corrected chi connectivity index (χ2v) is 7.94. The summed E-state index contributed by atoms with van der Waals surface area (Å²) in [6.45, 7) is 0.175. The van der Waals surface area contributed by atoms with Crippen molar-refractivity contribution in [3.8, 4) is 11.5 Å². The Morgan fingerprint density at radius 2 is 1.64 bits per heavy atom. The van der Waals surface area contributed by atoms with Crippen molar-refractivity contribution in [3.63, 3.8) is 0 Å². The van der Waals surface area contributed by atoms with Crippen LogP contribution in [0.25, 0.3) is 0 Å². The van der Waals surface area contributed by atoms with Gasteiger partial charge >= 0.3 is 5.97 Å². The first-order valence-corrected chi connectivity index (χ1v) is 9.45. The number of esters is 1. The van der Waals surface area contributed by atoms with Crippen LogP contribution in [-0.2, 0) is 4.79 Å². The van der Waals surface area contributed by atoms with E-state index in [0.29, 0.717) is 20.4 Å². The van der Waals surface area contributed by atoms with Crippen molar-refractivity contribution in [1.29, 1.82) is 0 Å². The molecule has 0 amide bonds. The molecular formula is C15H10Br4O3. The first-order chi connectivity index (χ1) is 10.5. The summed E-state index contributed by atoms with van der Waals surface area (Å²) < 4.78 is 13.1. The van der Waals surface area contributed by atoms with E-state index in [2.05, 4.69) is 63.7 Å². The maximum atomic E-state index is 12.1. The van der Waals surface area contributed by atoms with E-state index in [-0.39, 0.29) is 6.61 Å². The third-order valence-corrected chi connectivity index (χ3v) is 4.84. The summed E-state index contributed by atoms with van der Waals surface area (Å²) in [4.78, 5) is 11.5. The van der Waals surface area contributed by atoms with Crippen molar-refractivity contribution < 1.29 is 14.3 Å². The quantitative estimate of drug-likeness (QED) is 0.268. The van der Waals surface area contributed by atoms with Gasteiger partial charge in [-0.2, -0.15) is 0 Å². The monoisotopic (exact) mass is 554 g/mol. The first-order valence-electron chi connectivity index (χ1n) is 6.15. The van der Waals surface area contributed by atoms with Crippen LogP contribution in [0, 0.1) is 0 Å². The maximum Gasteiger partial charge on any atom is 0.328 e. The SMILES string of the molecule is O=C(Oc1c(Br)cc(Br)cc1Br)[C@@H](Br)COc1ccccc1. The van der Waals surface area contributed by atoms with Gasteiger partial charge in [-0.15, -0.1) is 0 Å². The number of halogens is 4. The molecule has 0 N–H and O–H groups in total. The molecule has 0 spiro atoms. The Labute approximate surface area is 161 Å². The predicted octanol–water partition coefficient (Wildman–Crippen LogP) is 5.72. The van der Waals surface area contributed by atoms with Gasteiger partial charge in [0.15, 0.2) is 5.75 Å². The van der Waals surface area contributed by atoms with E-state index in [1.54, 1.807) is 12.1 Å². The number of benzene rings is 2. The number of hydrogen-bond donors (Lipinski definition) is 0. The number of carbonyl (C=O) groups is 1. The maximum absolute atomic E-state index is 12.1. The number of rotatable bonds is 5. The van der Waals surface area contributed by atoms with Gasteiger partial charge in [-0.3, -0.25) is 4.79 Å². The van der Waals surface area contributed by atoms with Crippen molar-refractivity contribution in [2.24, 2.45) is 0 Å². The Morgan fingerprint density at radius 3 is 2.23 bits per heavy atom. The third kappa shape index (κ3) is 5.08. The standard InChI is InChI=1S/C15H10Br4O3/c16-9-6-11(17)14(12(18)7-9)22-15(20)13(19)8-21-10-4-2-1-3-5-10/h1-7,13H,8H2/t13-/m0/s1. The molecule has 116 valence electrons. The fourth-order valence-corrected chi connectivity index (χ4v) is 4.19. The lowest BCUT2D eigenvalue weighted by atomic mass is 10.3. The molecule has 0 heterocycles. The van der Waals surface area contributed by atoms with Gasteiger partial charge in [0.05, 0.1) is 8.95 Å². The first kappa shape index (κ1) is 18.0. The lowest BCUT2D eigenvalue weighted by Gasteiger charge is -2.13. The highest BCUT2D eigenvalue weighted by molar-refractivity contribution is 9.11. The van der Waals surface area contributed by atoms with Crippen LogP contribution >= 0.6 is 63.7 Å². The molecule has 0 aromatic heterocycles. The molecule has 0 bridgehead atoms. The van der Waals surface area contributed by atoms with Crippen LogP contribution < -0.4 is 9.47 Å². The van der Waals surface area contributed by atoms with Gasteiger partial charge < -0.3 is 9.47 Å². The number of para-hydroxylation sites is 1. The molecule has 2 aromatic carbocycles. The molecule has 7 heteroatoms. The highest BCUT2D eigenvalue weighted by Gasteiger charge is 2.21. The van der Waals surface area contributed by atoms with E-state index in [9.17, 15) is 4.79 Å². The Bertz CT molecular complexity index is 638. The second-order valence-electron chi connectivity index (χ2n) is 4.21. The Balaban J connectivity index is 1.97. The molecule has 0 saturated heterocycles. The van der Waals surface area contributed by atoms with Crippen LogP contribution in [0.2, 0.25) is 0 Å². The minimum atomic E-state index is -0.574. The van der Waals surface area contributed by atoms with Crippen LogP contribution in [0.5, 0.6) is 11.5 Å². The molecule has 3 nitrogen and oxygen atoms in total. The smallest absolute Gasteiger partial charge is 0.328 e. The predicted molar refractivity (Wildman–Crippen MR) is 99.8 cm³/mol. The van der Waals surface area contributed by atoms with Gasteiger partial charge in [0.2, 0.25) is 0 Å². The lowest BCUT2D eigenvalue weighted by Crippen LogP contribution is -2.26. The van der Waals surface area contributed by atoms with E-state index in [4.69, 9.17) is 9.47 Å². The minimum absolute atomic E-state index is 0.175. The van der Waals surface area contributed by atoms with Gasteiger partial charge in [-0.05, 0) is 56.1 Å². The Morgan fingerprint density at radius 1 is 1.05 bits per heavy atom. The van der Waals surface area contributed by atoms with Gasteiger partial charge in [0.1, 0.15) is 17.2 Å². The lowest BCUT2D eigenvalue weighted by molar-refractivity contribution is -0.134. The molecule has 0 fully saturated rings. The number of carbonyl (C=O) groups excluding carboxylic acids is 1. The number of hydrogen-bond acceptors (Lipinski definition) is 3. The summed E-state index contributed by atoms with van der Waals surface area (Å²) in [6.07, 6.45) is 0. The Kier molecular flexibility index (Phi) is 6.92. The average Bonchev–Trinajstić information content (AvgIpc) is 2.49. The van der Waals surface area contributed by atoms with E-state index in [1.807, 2.05) is 30.3 Å². The van der Waals surface area contributed by atoms with Crippen LogP contribution in [-0.4, -0.2) is 17.4 Å². The van der Waals surface area contributed by atoms with Gasteiger partial charge in [0.25, 0.3) is 0 Å². The molecule has 2 rings (SSSR count). The summed E-state index contributed by atoms with van der Waals surface area (Å²) >= 11 is 13.4. The summed E-state index contributed by atoms with van der Waals surface area (Å²) in [6, 6.07) is 12.9. The zero-order valence-corrected chi connectivity index (χ0v) is 17.4. The summed E-state index contributed by atoms with van der Waals surface area (Å²) in [5.41, 5.74) is 0. The molecule has 1 atom stereocenters. The van der Waals surface area contributed by atoms with Crippen LogP contribution in [0.1, 0.15) is 0 Å². The molecule has 0 aliphatic carbocycles. The van der Waals surface area contributed by atoms with Gasteiger partial charge in [-0.25, -0.2) is 0 Å². The molecule has 2 aromatic rings. The second kappa shape index (κ2) is 8.47. The number of ether oxygens (including phenoxy) is 2. The largest absolute Gasteiger partial charge is 0.492 e. The number of alkyl halides is 1. The molecular weight excluding hydrogens is 548 g/mol. The fraction of sp³-hybridized carbons (Fsp3) is 0.133. The molecule has 22 heavy (non-hydrogen) atoms. The van der Waals surface area contributed by atoms with Crippen molar-refractivity contribution in [1.82, 2.24) is 0 Å². The molecule has 0 unspecified atom stereocenters. The van der Waals surface area contributed by atoms with E-state index >= 15 is 0 Å². The van der Waals surface area contributed by atoms with E-state index in [1.165, 1.54) is 0 Å². The summed E-state index contributed by atoms with van der Waals surface area (Å²) in [5.74, 6) is 0.697. The average molecular weight is 558 g/mol. The zero-order chi connectivity index (χ0) is 16.1. The topological polar surface area (TPSA) is 35.5 Å². The van der Waals surface area contributed by atoms with Gasteiger partial charge in [-0.1, -0.05) is 50.1 Å². The van der Waals surface area contributed by atoms with Crippen LogP contribution in [0.15, 0.2) is 55.9 Å². The molecule has 0 saturated carbocycles. The van der Waals surface area contributed by atoms with Crippen molar-refractivity contribution in [3.05, 3.63) is 55.9 Å². The highest BCUT2D eigenvalue weighted by Crippen LogP contribution is 2.36. The molecule has 0 aliphatic rings. The van der Waals surface area contributed by atoms with Crippen molar-refractivity contribution in [2.75, 3.05) is 6.61 Å². The third-order valence-electron chi connectivity index (χ3n) is 2.56. The fourth-order valence-electron chi connectivity index (χ4n) is 1.55. The van der Waals surface area contributed by atoms with Crippen molar-refractivity contribution in [2.45, 2.75) is 4.83 Å².